The van der Waals surface area contributed by atoms with Gasteiger partial charge in [-0.15, -0.1) is 0 Å². The number of carboxylic acid groups (broad SMARTS) is 1. The van der Waals surface area contributed by atoms with Crippen LogP contribution in [0.5, 0.6) is 0 Å². The highest BCUT2D eigenvalue weighted by Crippen LogP contribution is 2.19. The van der Waals surface area contributed by atoms with Crippen molar-refractivity contribution in [1.82, 2.24) is 9.78 Å². The van der Waals surface area contributed by atoms with E-state index in [9.17, 15) is 4.79 Å². The van der Waals surface area contributed by atoms with E-state index in [1.54, 1.807) is 18.3 Å². The van der Waals surface area contributed by atoms with Gasteiger partial charge in [-0.3, -0.25) is 4.68 Å². The van der Waals surface area contributed by atoms with Crippen LogP contribution < -0.4 is 5.32 Å². The minimum Gasteiger partial charge on any atom is -0.478 e. The standard InChI is InChI=1S/C12H12BrN3O2/c13-10-6-9(12(17)18)7-11(8-10)14-3-5-16-4-1-2-15-16/h1-2,4,6-8,14H,3,5H2,(H,17,18). The van der Waals surface area contributed by atoms with E-state index in [0.29, 0.717) is 6.54 Å². The van der Waals surface area contributed by atoms with Crippen molar-refractivity contribution in [2.45, 2.75) is 6.54 Å². The molecular formula is C12H12BrN3O2. The Morgan fingerprint density at radius 1 is 1.44 bits per heavy atom. The van der Waals surface area contributed by atoms with Crippen molar-refractivity contribution >= 4 is 27.6 Å². The zero-order valence-corrected chi connectivity index (χ0v) is 11.1. The van der Waals surface area contributed by atoms with Gasteiger partial charge < -0.3 is 10.4 Å². The Kier molecular flexibility index (Phi) is 3.99. The van der Waals surface area contributed by atoms with Crippen LogP contribution in [0.1, 0.15) is 10.4 Å². The van der Waals surface area contributed by atoms with Crippen LogP contribution in [0.3, 0.4) is 0 Å². The van der Waals surface area contributed by atoms with Crippen molar-refractivity contribution in [1.29, 1.82) is 0 Å². The second kappa shape index (κ2) is 5.68. The maximum Gasteiger partial charge on any atom is 0.335 e. The first-order valence-electron chi connectivity index (χ1n) is 5.40. The molecule has 0 aliphatic rings. The van der Waals surface area contributed by atoms with Gasteiger partial charge in [0.15, 0.2) is 0 Å². The molecule has 6 heteroatoms. The Morgan fingerprint density at radius 3 is 2.94 bits per heavy atom. The van der Waals surface area contributed by atoms with E-state index < -0.39 is 5.97 Å². The average Bonchev–Trinajstić information content (AvgIpc) is 2.81. The molecule has 0 radical (unpaired) electrons. The number of aromatic nitrogens is 2. The van der Waals surface area contributed by atoms with Gasteiger partial charge in [0.2, 0.25) is 0 Å². The van der Waals surface area contributed by atoms with Gasteiger partial charge in [0, 0.05) is 29.1 Å². The molecule has 0 amide bonds. The number of hydrogen-bond donors (Lipinski definition) is 2. The smallest absolute Gasteiger partial charge is 0.335 e. The first kappa shape index (κ1) is 12.6. The zero-order chi connectivity index (χ0) is 13.0. The Morgan fingerprint density at radius 2 is 2.28 bits per heavy atom. The molecule has 0 saturated carbocycles. The van der Waals surface area contributed by atoms with Crippen LogP contribution in [0.25, 0.3) is 0 Å². The number of aromatic carboxylic acids is 1. The highest BCUT2D eigenvalue weighted by atomic mass is 79.9. The average molecular weight is 310 g/mol. The minimum atomic E-state index is -0.938. The monoisotopic (exact) mass is 309 g/mol. The molecule has 0 fully saturated rings. The van der Waals surface area contributed by atoms with Gasteiger partial charge in [-0.05, 0) is 24.3 Å². The molecule has 94 valence electrons. The summed E-state index contributed by atoms with van der Waals surface area (Å²) in [5, 5.41) is 16.2. The van der Waals surface area contributed by atoms with Crippen LogP contribution in [0, 0.1) is 0 Å². The Balaban J connectivity index is 1.98. The van der Waals surface area contributed by atoms with E-state index in [2.05, 4.69) is 26.3 Å². The quantitative estimate of drug-likeness (QED) is 0.890. The van der Waals surface area contributed by atoms with Crippen LogP contribution in [0.15, 0.2) is 41.1 Å². The molecule has 0 spiro atoms. The van der Waals surface area contributed by atoms with Gasteiger partial charge >= 0.3 is 5.97 Å². The van der Waals surface area contributed by atoms with Gasteiger partial charge in [0.05, 0.1) is 12.1 Å². The van der Waals surface area contributed by atoms with E-state index in [0.717, 1.165) is 16.7 Å². The number of carboxylic acids is 1. The summed E-state index contributed by atoms with van der Waals surface area (Å²) < 4.78 is 2.55. The third kappa shape index (κ3) is 3.33. The lowest BCUT2D eigenvalue weighted by Crippen LogP contribution is -2.11. The normalized spacial score (nSPS) is 10.3. The topological polar surface area (TPSA) is 67.2 Å². The fourth-order valence-electron chi connectivity index (χ4n) is 1.56. The lowest BCUT2D eigenvalue weighted by Gasteiger charge is -2.08. The predicted octanol–water partition coefficient (Wildman–Crippen LogP) is 2.46. The molecule has 0 bridgehead atoms. The molecule has 2 rings (SSSR count). The number of nitrogens with one attached hydrogen (secondary N) is 1. The number of anilines is 1. The molecule has 1 heterocycles. The lowest BCUT2D eigenvalue weighted by molar-refractivity contribution is 0.0697. The number of benzene rings is 1. The summed E-state index contributed by atoms with van der Waals surface area (Å²) >= 11 is 3.29. The van der Waals surface area contributed by atoms with Crippen molar-refractivity contribution in [3.05, 3.63) is 46.7 Å². The summed E-state index contributed by atoms with van der Waals surface area (Å²) in [5.74, 6) is -0.938. The van der Waals surface area contributed by atoms with Gasteiger partial charge in [-0.2, -0.15) is 5.10 Å². The van der Waals surface area contributed by atoms with Crippen LogP contribution in [0.4, 0.5) is 5.69 Å². The molecular weight excluding hydrogens is 298 g/mol. The summed E-state index contributed by atoms with van der Waals surface area (Å²) in [6, 6.07) is 6.88. The highest BCUT2D eigenvalue weighted by Gasteiger charge is 2.05. The van der Waals surface area contributed by atoms with Crippen molar-refractivity contribution in [2.24, 2.45) is 0 Å². The molecule has 2 N–H and O–H groups in total. The van der Waals surface area contributed by atoms with E-state index in [1.165, 1.54) is 0 Å². The molecule has 0 unspecified atom stereocenters. The van der Waals surface area contributed by atoms with Crippen molar-refractivity contribution in [2.75, 3.05) is 11.9 Å². The fraction of sp³-hybridized carbons (Fsp3) is 0.167. The largest absolute Gasteiger partial charge is 0.478 e. The number of halogens is 1. The van der Waals surface area contributed by atoms with E-state index in [4.69, 9.17) is 5.11 Å². The highest BCUT2D eigenvalue weighted by molar-refractivity contribution is 9.10. The molecule has 2 aromatic rings. The van der Waals surface area contributed by atoms with E-state index >= 15 is 0 Å². The van der Waals surface area contributed by atoms with Gasteiger partial charge in [-0.1, -0.05) is 15.9 Å². The number of hydrogen-bond acceptors (Lipinski definition) is 3. The summed E-state index contributed by atoms with van der Waals surface area (Å²) in [6.45, 7) is 1.40. The fourth-order valence-corrected chi connectivity index (χ4v) is 2.06. The molecule has 1 aromatic carbocycles. The molecule has 0 atom stereocenters. The summed E-state index contributed by atoms with van der Waals surface area (Å²) in [7, 11) is 0. The van der Waals surface area contributed by atoms with Crippen molar-refractivity contribution in [3.8, 4) is 0 Å². The summed E-state index contributed by atoms with van der Waals surface area (Å²) in [5.41, 5.74) is 1.03. The zero-order valence-electron chi connectivity index (χ0n) is 9.51. The minimum absolute atomic E-state index is 0.256. The van der Waals surface area contributed by atoms with E-state index in [-0.39, 0.29) is 5.56 Å². The number of carbonyl (C=O) groups is 1. The lowest BCUT2D eigenvalue weighted by atomic mass is 10.2. The van der Waals surface area contributed by atoms with Crippen molar-refractivity contribution < 1.29 is 9.90 Å². The second-order valence-electron chi connectivity index (χ2n) is 3.73. The third-order valence-electron chi connectivity index (χ3n) is 2.37. The van der Waals surface area contributed by atoms with Gasteiger partial charge in [-0.25, -0.2) is 4.79 Å². The molecule has 0 saturated heterocycles. The Labute approximate surface area is 113 Å². The molecule has 0 aliphatic heterocycles. The van der Waals surface area contributed by atoms with Crippen molar-refractivity contribution in [3.63, 3.8) is 0 Å². The SMILES string of the molecule is O=C(O)c1cc(Br)cc(NCCn2cccn2)c1. The van der Waals surface area contributed by atoms with E-state index in [1.807, 2.05) is 23.0 Å². The number of rotatable bonds is 5. The van der Waals surface area contributed by atoms with Crippen LogP contribution in [0.2, 0.25) is 0 Å². The van der Waals surface area contributed by atoms with Crippen LogP contribution >= 0.6 is 15.9 Å². The van der Waals surface area contributed by atoms with Gasteiger partial charge in [0.1, 0.15) is 0 Å². The maximum absolute atomic E-state index is 10.9. The molecule has 18 heavy (non-hydrogen) atoms. The number of nitrogens with zero attached hydrogens (tertiary/aromatic N) is 2. The summed E-state index contributed by atoms with van der Waals surface area (Å²) in [6.07, 6.45) is 3.60. The molecule has 0 aliphatic carbocycles. The maximum atomic E-state index is 10.9. The molecule has 1 aromatic heterocycles. The third-order valence-corrected chi connectivity index (χ3v) is 2.83. The Hall–Kier alpha value is -1.82. The summed E-state index contributed by atoms with van der Waals surface area (Å²) in [4.78, 5) is 10.9. The predicted molar refractivity (Wildman–Crippen MR) is 71.8 cm³/mol. The van der Waals surface area contributed by atoms with Gasteiger partial charge in [0.25, 0.3) is 0 Å². The first-order valence-corrected chi connectivity index (χ1v) is 6.19. The Bertz CT molecular complexity index is 540. The van der Waals surface area contributed by atoms with Crippen LogP contribution in [-0.2, 0) is 6.54 Å². The molecule has 5 nitrogen and oxygen atoms in total. The van der Waals surface area contributed by atoms with Crippen LogP contribution in [-0.4, -0.2) is 27.4 Å². The second-order valence-corrected chi connectivity index (χ2v) is 4.65. The first-order chi connectivity index (χ1) is 8.65.